The van der Waals surface area contributed by atoms with E-state index in [4.69, 9.17) is 5.41 Å². The molecule has 1 unspecified atom stereocenters. The van der Waals surface area contributed by atoms with Crippen LogP contribution in [0.3, 0.4) is 0 Å². The average Bonchev–Trinajstić information content (AvgIpc) is 2.25. The van der Waals surface area contributed by atoms with Gasteiger partial charge in [-0.25, -0.2) is 10.4 Å². The van der Waals surface area contributed by atoms with Crippen molar-refractivity contribution < 1.29 is 0 Å². The lowest BCUT2D eigenvalue weighted by molar-refractivity contribution is 0.276. The van der Waals surface area contributed by atoms with Crippen LogP contribution in [0.25, 0.3) is 0 Å². The lowest BCUT2D eigenvalue weighted by atomic mass is 9.87. The Morgan fingerprint density at radius 3 is 2.00 bits per heavy atom. The van der Waals surface area contributed by atoms with Crippen LogP contribution in [0, 0.1) is 5.41 Å². The van der Waals surface area contributed by atoms with Gasteiger partial charge in [0, 0.05) is 0 Å². The molecule has 0 saturated carbocycles. The SMILES string of the molecule is CCC(CCCN(C)C)(CCN(C)C)N=C=N.Cl. The Balaban J connectivity index is 0. The molecule has 0 saturated heterocycles. The summed E-state index contributed by atoms with van der Waals surface area (Å²) in [5, 5.41) is 7.13. The summed E-state index contributed by atoms with van der Waals surface area (Å²) in [7, 11) is 8.34. The second-order valence-electron chi connectivity index (χ2n) is 5.26. The van der Waals surface area contributed by atoms with Crippen molar-refractivity contribution in [3.63, 3.8) is 0 Å². The molecule has 0 spiro atoms. The van der Waals surface area contributed by atoms with E-state index >= 15 is 0 Å². The Morgan fingerprint density at radius 1 is 1.06 bits per heavy atom. The van der Waals surface area contributed by atoms with E-state index < -0.39 is 0 Å². The first kappa shape index (κ1) is 19.9. The van der Waals surface area contributed by atoms with E-state index in [1.807, 2.05) is 0 Å². The van der Waals surface area contributed by atoms with Crippen molar-refractivity contribution in [2.45, 2.75) is 38.1 Å². The Hall–Kier alpha value is -0.410. The zero-order valence-electron chi connectivity index (χ0n) is 12.5. The molecule has 0 aromatic rings. The summed E-state index contributed by atoms with van der Waals surface area (Å²) in [6.07, 6.45) is 4.16. The number of hydrogen-bond donors (Lipinski definition) is 1. The van der Waals surface area contributed by atoms with Crippen molar-refractivity contribution in [1.82, 2.24) is 9.80 Å². The predicted octanol–water partition coefficient (Wildman–Crippen LogP) is 2.60. The van der Waals surface area contributed by atoms with Gasteiger partial charge in [-0.3, -0.25) is 0 Å². The van der Waals surface area contributed by atoms with Crippen LogP contribution in [0.4, 0.5) is 0 Å². The first-order chi connectivity index (χ1) is 7.95. The zero-order chi connectivity index (χ0) is 13.3. The smallest absolute Gasteiger partial charge is 0.0867 e. The average molecular weight is 277 g/mol. The minimum Gasteiger partial charge on any atom is -0.309 e. The van der Waals surface area contributed by atoms with Crippen LogP contribution in [0.2, 0.25) is 0 Å². The fourth-order valence-electron chi connectivity index (χ4n) is 1.94. The highest BCUT2D eigenvalue weighted by Gasteiger charge is 2.26. The van der Waals surface area contributed by atoms with Crippen LogP contribution < -0.4 is 0 Å². The van der Waals surface area contributed by atoms with Gasteiger partial charge in [-0.2, -0.15) is 0 Å². The third-order valence-electron chi connectivity index (χ3n) is 3.22. The van der Waals surface area contributed by atoms with Crippen LogP contribution in [-0.4, -0.2) is 62.6 Å². The third-order valence-corrected chi connectivity index (χ3v) is 3.22. The molecule has 0 rings (SSSR count). The molecule has 5 heteroatoms. The summed E-state index contributed by atoms with van der Waals surface area (Å²) in [5.41, 5.74) is -0.0813. The molecule has 0 aliphatic carbocycles. The van der Waals surface area contributed by atoms with Gasteiger partial charge in [0.2, 0.25) is 0 Å². The van der Waals surface area contributed by atoms with Gasteiger partial charge >= 0.3 is 0 Å². The van der Waals surface area contributed by atoms with Gasteiger partial charge in [0.1, 0.15) is 0 Å². The fraction of sp³-hybridized carbons (Fsp3) is 0.923. The minimum absolute atomic E-state index is 0. The van der Waals surface area contributed by atoms with Crippen molar-refractivity contribution in [2.24, 2.45) is 4.99 Å². The lowest BCUT2D eigenvalue weighted by Gasteiger charge is -2.29. The number of nitrogens with zero attached hydrogens (tertiary/aromatic N) is 3. The molecule has 0 amide bonds. The summed E-state index contributed by atoms with van der Waals surface area (Å²) >= 11 is 0. The Morgan fingerprint density at radius 2 is 1.61 bits per heavy atom. The largest absolute Gasteiger partial charge is 0.309 e. The number of hydrogen-bond acceptors (Lipinski definition) is 4. The molecular formula is C13H29ClN4. The normalized spacial score (nSPS) is 13.9. The maximum atomic E-state index is 7.13. The van der Waals surface area contributed by atoms with Crippen LogP contribution in [0.1, 0.15) is 32.6 Å². The molecule has 0 aliphatic heterocycles. The van der Waals surface area contributed by atoms with E-state index in [0.717, 1.165) is 38.8 Å². The molecule has 0 radical (unpaired) electrons. The molecule has 108 valence electrons. The van der Waals surface area contributed by atoms with Crippen molar-refractivity contribution in [3.05, 3.63) is 0 Å². The van der Waals surface area contributed by atoms with E-state index in [2.05, 4.69) is 55.9 Å². The number of rotatable bonds is 9. The van der Waals surface area contributed by atoms with E-state index in [1.54, 1.807) is 0 Å². The number of halogens is 1. The molecule has 0 aliphatic rings. The molecule has 0 fully saturated rings. The Bertz CT molecular complexity index is 249. The molecule has 18 heavy (non-hydrogen) atoms. The van der Waals surface area contributed by atoms with Gasteiger partial charge in [-0.1, -0.05) is 6.92 Å². The van der Waals surface area contributed by atoms with Crippen molar-refractivity contribution in [2.75, 3.05) is 41.3 Å². The van der Waals surface area contributed by atoms with Gasteiger partial charge in [-0.05, 0) is 67.0 Å². The van der Waals surface area contributed by atoms with Crippen LogP contribution in [-0.2, 0) is 0 Å². The number of aliphatic imine (C=N–C) groups is 1. The second-order valence-corrected chi connectivity index (χ2v) is 5.26. The summed E-state index contributed by atoms with van der Waals surface area (Å²) in [6.45, 7) is 4.25. The molecule has 0 bridgehead atoms. The Labute approximate surface area is 118 Å². The highest BCUT2D eigenvalue weighted by atomic mass is 35.5. The maximum absolute atomic E-state index is 7.13. The molecule has 0 heterocycles. The monoisotopic (exact) mass is 276 g/mol. The van der Waals surface area contributed by atoms with Gasteiger partial charge in [0.15, 0.2) is 0 Å². The van der Waals surface area contributed by atoms with E-state index in [9.17, 15) is 0 Å². The van der Waals surface area contributed by atoms with Crippen LogP contribution >= 0.6 is 12.4 Å². The van der Waals surface area contributed by atoms with E-state index in [0.29, 0.717) is 0 Å². The summed E-state index contributed by atoms with van der Waals surface area (Å²) < 4.78 is 0. The standard InChI is InChI=1S/C13H28N4.ClH/c1-6-13(15-12-14,9-11-17(4)5)8-7-10-16(2)3;/h14H,6-11H2,1-5H3;1H. The number of nitrogens with one attached hydrogen (secondary N) is 1. The lowest BCUT2D eigenvalue weighted by Crippen LogP contribution is -2.31. The minimum atomic E-state index is -0.0813. The Kier molecular flexibility index (Phi) is 11.6. The second kappa shape index (κ2) is 10.5. The zero-order valence-corrected chi connectivity index (χ0v) is 13.3. The highest BCUT2D eigenvalue weighted by Crippen LogP contribution is 2.26. The summed E-state index contributed by atoms with van der Waals surface area (Å²) in [6, 6.07) is 2.26. The van der Waals surface area contributed by atoms with Crippen molar-refractivity contribution >= 4 is 18.4 Å². The van der Waals surface area contributed by atoms with Gasteiger partial charge < -0.3 is 9.80 Å². The van der Waals surface area contributed by atoms with Crippen LogP contribution in [0.5, 0.6) is 0 Å². The molecule has 1 N–H and O–H groups in total. The van der Waals surface area contributed by atoms with Gasteiger partial charge in [0.25, 0.3) is 0 Å². The van der Waals surface area contributed by atoms with Gasteiger partial charge in [-0.15, -0.1) is 12.4 Å². The van der Waals surface area contributed by atoms with Crippen molar-refractivity contribution in [3.8, 4) is 0 Å². The fourth-order valence-corrected chi connectivity index (χ4v) is 1.94. The topological polar surface area (TPSA) is 42.7 Å². The summed E-state index contributed by atoms with van der Waals surface area (Å²) in [5.74, 6) is 0. The van der Waals surface area contributed by atoms with Crippen LogP contribution in [0.15, 0.2) is 4.99 Å². The van der Waals surface area contributed by atoms with Gasteiger partial charge in [0.05, 0.1) is 11.5 Å². The quantitative estimate of drug-likeness (QED) is 0.658. The molecular weight excluding hydrogens is 248 g/mol. The first-order valence-electron chi connectivity index (χ1n) is 6.39. The van der Waals surface area contributed by atoms with E-state index in [1.165, 1.54) is 0 Å². The van der Waals surface area contributed by atoms with Crippen molar-refractivity contribution in [1.29, 1.82) is 5.41 Å². The molecule has 4 nitrogen and oxygen atoms in total. The molecule has 1 atom stereocenters. The highest BCUT2D eigenvalue weighted by molar-refractivity contribution is 5.85. The summed E-state index contributed by atoms with van der Waals surface area (Å²) in [4.78, 5) is 8.69. The first-order valence-corrected chi connectivity index (χ1v) is 6.39. The van der Waals surface area contributed by atoms with E-state index in [-0.39, 0.29) is 17.9 Å². The molecule has 0 aromatic heterocycles. The molecule has 0 aromatic carbocycles. The predicted molar refractivity (Wildman–Crippen MR) is 81.4 cm³/mol. The third kappa shape index (κ3) is 8.65. The maximum Gasteiger partial charge on any atom is 0.0867 e.